The van der Waals surface area contributed by atoms with Crippen LogP contribution in [0.25, 0.3) is 10.8 Å². The molecule has 0 heterocycles. The van der Waals surface area contributed by atoms with Crippen molar-refractivity contribution in [3.8, 4) is 5.75 Å². The lowest BCUT2D eigenvalue weighted by molar-refractivity contribution is -0.130. The summed E-state index contributed by atoms with van der Waals surface area (Å²) < 4.78 is 0. The predicted octanol–water partition coefficient (Wildman–Crippen LogP) is 5.08. The van der Waals surface area contributed by atoms with Crippen LogP contribution in [0.5, 0.6) is 5.75 Å². The molecule has 26 heavy (non-hydrogen) atoms. The van der Waals surface area contributed by atoms with E-state index in [0.717, 1.165) is 17.1 Å². The van der Waals surface area contributed by atoms with E-state index in [-0.39, 0.29) is 11.7 Å². The molecule has 0 unspecified atom stereocenters. The standard InChI is InChI=1S/C22H23NO2S/c1-23(16-18-8-4-7-17-6-2-3-9-21(17)18)22(25)10-5-15-26-20-13-11-19(24)12-14-20/h2-4,6-9,11-14,24H,5,10,15-16H2,1H3. The van der Waals surface area contributed by atoms with Gasteiger partial charge in [0.1, 0.15) is 5.75 Å². The average Bonchev–Trinajstić information content (AvgIpc) is 2.66. The molecule has 0 saturated heterocycles. The maximum Gasteiger partial charge on any atom is 0.222 e. The molecule has 3 rings (SSSR count). The van der Waals surface area contributed by atoms with Gasteiger partial charge in [-0.15, -0.1) is 11.8 Å². The summed E-state index contributed by atoms with van der Waals surface area (Å²) in [6.45, 7) is 0.630. The van der Waals surface area contributed by atoms with Gasteiger partial charge in [0, 0.05) is 24.9 Å². The monoisotopic (exact) mass is 365 g/mol. The number of rotatable bonds is 7. The largest absolute Gasteiger partial charge is 0.508 e. The highest BCUT2D eigenvalue weighted by atomic mass is 32.2. The number of thioether (sulfide) groups is 1. The molecule has 0 aliphatic carbocycles. The summed E-state index contributed by atoms with van der Waals surface area (Å²) in [7, 11) is 1.87. The number of phenolic OH excluding ortho intramolecular Hbond substituents is 1. The molecule has 1 N–H and O–H groups in total. The molecule has 134 valence electrons. The molecule has 0 aliphatic rings. The Labute approximate surface area is 158 Å². The Kier molecular flexibility index (Phi) is 6.18. The highest BCUT2D eigenvalue weighted by molar-refractivity contribution is 7.99. The molecular weight excluding hydrogens is 342 g/mol. The zero-order chi connectivity index (χ0) is 18.4. The number of hydrogen-bond donors (Lipinski definition) is 1. The molecule has 0 saturated carbocycles. The summed E-state index contributed by atoms with van der Waals surface area (Å²) in [5.74, 6) is 1.34. The fourth-order valence-corrected chi connectivity index (χ4v) is 3.77. The van der Waals surface area contributed by atoms with Crippen LogP contribution in [0.3, 0.4) is 0 Å². The first-order chi connectivity index (χ1) is 12.6. The Bertz CT molecular complexity index is 871. The van der Waals surface area contributed by atoms with Crippen LogP contribution in [-0.2, 0) is 11.3 Å². The van der Waals surface area contributed by atoms with Crippen molar-refractivity contribution in [3.63, 3.8) is 0 Å². The van der Waals surface area contributed by atoms with Gasteiger partial charge in [0.15, 0.2) is 0 Å². The average molecular weight is 365 g/mol. The molecule has 0 fully saturated rings. The molecule has 3 nitrogen and oxygen atoms in total. The first-order valence-corrected chi connectivity index (χ1v) is 9.74. The van der Waals surface area contributed by atoms with Crippen LogP contribution in [0.2, 0.25) is 0 Å². The Morgan fingerprint density at radius 3 is 2.54 bits per heavy atom. The number of aromatic hydroxyl groups is 1. The highest BCUT2D eigenvalue weighted by Gasteiger charge is 2.10. The molecule has 3 aromatic carbocycles. The maximum absolute atomic E-state index is 12.4. The predicted molar refractivity (Wildman–Crippen MR) is 108 cm³/mol. The van der Waals surface area contributed by atoms with Crippen molar-refractivity contribution < 1.29 is 9.90 Å². The molecule has 1 amide bonds. The molecule has 0 spiro atoms. The molecule has 3 aromatic rings. The van der Waals surface area contributed by atoms with Crippen molar-refractivity contribution in [2.45, 2.75) is 24.3 Å². The van der Waals surface area contributed by atoms with Gasteiger partial charge < -0.3 is 10.0 Å². The van der Waals surface area contributed by atoms with Gasteiger partial charge in [-0.3, -0.25) is 4.79 Å². The minimum absolute atomic E-state index is 0.171. The molecule has 0 atom stereocenters. The third kappa shape index (κ3) is 4.79. The van der Waals surface area contributed by atoms with Crippen LogP contribution in [0.15, 0.2) is 71.6 Å². The van der Waals surface area contributed by atoms with Crippen LogP contribution in [0.4, 0.5) is 0 Å². The third-order valence-electron chi connectivity index (χ3n) is 4.35. The van der Waals surface area contributed by atoms with E-state index in [1.807, 2.05) is 42.3 Å². The van der Waals surface area contributed by atoms with Crippen molar-refractivity contribution in [3.05, 3.63) is 72.3 Å². The van der Waals surface area contributed by atoms with Gasteiger partial charge in [-0.05, 0) is 52.8 Å². The van der Waals surface area contributed by atoms with E-state index in [1.165, 1.54) is 16.3 Å². The fourth-order valence-electron chi connectivity index (χ4n) is 2.92. The van der Waals surface area contributed by atoms with Crippen LogP contribution in [0, 0.1) is 0 Å². The number of phenols is 1. The lowest BCUT2D eigenvalue weighted by Gasteiger charge is -2.18. The number of amides is 1. The van der Waals surface area contributed by atoms with E-state index in [1.54, 1.807) is 23.9 Å². The topological polar surface area (TPSA) is 40.5 Å². The lowest BCUT2D eigenvalue weighted by Crippen LogP contribution is -2.26. The highest BCUT2D eigenvalue weighted by Crippen LogP contribution is 2.22. The molecular formula is C22H23NO2S. The second kappa shape index (κ2) is 8.77. The van der Waals surface area contributed by atoms with Crippen molar-refractivity contribution in [2.75, 3.05) is 12.8 Å². The van der Waals surface area contributed by atoms with E-state index in [0.29, 0.717) is 13.0 Å². The number of hydrogen-bond acceptors (Lipinski definition) is 3. The van der Waals surface area contributed by atoms with Gasteiger partial charge in [0.2, 0.25) is 5.91 Å². The summed E-state index contributed by atoms with van der Waals surface area (Å²) in [6.07, 6.45) is 1.39. The van der Waals surface area contributed by atoms with Gasteiger partial charge >= 0.3 is 0 Å². The third-order valence-corrected chi connectivity index (χ3v) is 5.45. The first-order valence-electron chi connectivity index (χ1n) is 8.76. The number of carbonyl (C=O) groups excluding carboxylic acids is 1. The summed E-state index contributed by atoms with van der Waals surface area (Å²) in [5.41, 5.74) is 1.18. The van der Waals surface area contributed by atoms with Crippen LogP contribution < -0.4 is 0 Å². The van der Waals surface area contributed by atoms with Gasteiger partial charge in [0.25, 0.3) is 0 Å². The maximum atomic E-state index is 12.4. The van der Waals surface area contributed by atoms with E-state index < -0.39 is 0 Å². The molecule has 0 radical (unpaired) electrons. The minimum atomic E-state index is 0.171. The molecule has 0 aliphatic heterocycles. The second-order valence-corrected chi connectivity index (χ2v) is 7.50. The van der Waals surface area contributed by atoms with Gasteiger partial charge in [-0.25, -0.2) is 0 Å². The zero-order valence-electron chi connectivity index (χ0n) is 14.9. The number of carbonyl (C=O) groups is 1. The summed E-state index contributed by atoms with van der Waals surface area (Å²) >= 11 is 1.71. The normalized spacial score (nSPS) is 10.8. The van der Waals surface area contributed by atoms with Crippen molar-refractivity contribution in [1.29, 1.82) is 0 Å². The number of benzene rings is 3. The van der Waals surface area contributed by atoms with E-state index in [2.05, 4.69) is 24.3 Å². The number of nitrogens with zero attached hydrogens (tertiary/aromatic N) is 1. The number of fused-ring (bicyclic) bond motifs is 1. The van der Waals surface area contributed by atoms with Crippen LogP contribution in [-0.4, -0.2) is 28.7 Å². The van der Waals surface area contributed by atoms with Crippen LogP contribution in [0.1, 0.15) is 18.4 Å². The van der Waals surface area contributed by atoms with Gasteiger partial charge in [0.05, 0.1) is 0 Å². The van der Waals surface area contributed by atoms with Crippen LogP contribution >= 0.6 is 11.8 Å². The van der Waals surface area contributed by atoms with E-state index in [9.17, 15) is 9.90 Å². The molecule has 0 bridgehead atoms. The van der Waals surface area contributed by atoms with E-state index in [4.69, 9.17) is 0 Å². The molecule has 4 heteroatoms. The van der Waals surface area contributed by atoms with Crippen molar-refractivity contribution in [1.82, 2.24) is 4.90 Å². The molecule has 0 aromatic heterocycles. The second-order valence-electron chi connectivity index (χ2n) is 6.33. The van der Waals surface area contributed by atoms with Crippen molar-refractivity contribution in [2.24, 2.45) is 0 Å². The summed E-state index contributed by atoms with van der Waals surface area (Å²) in [5, 5.41) is 11.7. The quantitative estimate of drug-likeness (QED) is 0.469. The van der Waals surface area contributed by atoms with E-state index >= 15 is 0 Å². The Morgan fingerprint density at radius 2 is 1.73 bits per heavy atom. The van der Waals surface area contributed by atoms with Crippen molar-refractivity contribution >= 4 is 28.4 Å². The Morgan fingerprint density at radius 1 is 1.00 bits per heavy atom. The first kappa shape index (κ1) is 18.3. The smallest absolute Gasteiger partial charge is 0.222 e. The Balaban J connectivity index is 1.49. The summed E-state index contributed by atoms with van der Waals surface area (Å²) in [4.78, 5) is 15.3. The van der Waals surface area contributed by atoms with Gasteiger partial charge in [-0.1, -0.05) is 42.5 Å². The lowest BCUT2D eigenvalue weighted by atomic mass is 10.0. The fraction of sp³-hybridized carbons (Fsp3) is 0.227. The SMILES string of the molecule is CN(Cc1cccc2ccccc12)C(=O)CCCSc1ccc(O)cc1. The minimum Gasteiger partial charge on any atom is -0.508 e. The summed E-state index contributed by atoms with van der Waals surface area (Å²) in [6, 6.07) is 21.7. The van der Waals surface area contributed by atoms with Gasteiger partial charge in [-0.2, -0.15) is 0 Å². The zero-order valence-corrected chi connectivity index (χ0v) is 15.7. The Hall–Kier alpha value is -2.46.